The number of piperidine rings is 3. The highest BCUT2D eigenvalue weighted by molar-refractivity contribution is 5.83. The number of hydrogen-bond acceptors (Lipinski definition) is 9. The molecule has 230 valence electrons. The zero-order valence-corrected chi connectivity index (χ0v) is 24.3. The van der Waals surface area contributed by atoms with E-state index in [1.54, 1.807) is 18.0 Å². The zero-order valence-electron chi connectivity index (χ0n) is 24.3. The Morgan fingerprint density at radius 1 is 1.25 bits per heavy atom. The van der Waals surface area contributed by atoms with Gasteiger partial charge in [-0.1, -0.05) is 29.5 Å². The number of aromatic amines is 1. The number of nitrogens with one attached hydrogen (secondary N) is 1. The van der Waals surface area contributed by atoms with Gasteiger partial charge >= 0.3 is 5.69 Å². The lowest BCUT2D eigenvalue weighted by Crippen LogP contribution is -2.61. The number of pyridine rings is 1. The van der Waals surface area contributed by atoms with Gasteiger partial charge in [-0.3, -0.25) is 24.2 Å². The smallest absolute Gasteiger partial charge is 0.330 e. The lowest BCUT2D eigenvalue weighted by atomic mass is 9.68. The van der Waals surface area contributed by atoms with Crippen LogP contribution in [0.2, 0.25) is 0 Å². The molecule has 0 saturated carbocycles. The fraction of sp³-hybridized carbons (Fsp3) is 0.452. The zero-order chi connectivity index (χ0) is 30.6. The molecule has 4 aliphatic heterocycles. The molecule has 2 N–H and O–H groups in total. The van der Waals surface area contributed by atoms with E-state index in [2.05, 4.69) is 27.8 Å². The summed E-state index contributed by atoms with van der Waals surface area (Å²) in [6.07, 6.45) is 6.93. The van der Waals surface area contributed by atoms with E-state index in [-0.39, 0.29) is 19.1 Å². The van der Waals surface area contributed by atoms with Crippen LogP contribution in [0.3, 0.4) is 0 Å². The second-order valence-corrected chi connectivity index (χ2v) is 11.9. The Kier molecular flexibility index (Phi) is 7.28. The second kappa shape index (κ2) is 11.1. The molecule has 7 heterocycles. The van der Waals surface area contributed by atoms with Crippen LogP contribution in [0.25, 0.3) is 10.9 Å². The highest BCUT2D eigenvalue weighted by Gasteiger charge is 2.54. The van der Waals surface area contributed by atoms with E-state index in [1.165, 1.54) is 0 Å². The predicted molar refractivity (Wildman–Crippen MR) is 157 cm³/mol. The third kappa shape index (κ3) is 4.45. The van der Waals surface area contributed by atoms with Crippen LogP contribution in [-0.2, 0) is 15.1 Å². The number of ether oxygens (including phenoxy) is 2. The molecular formula is C31H34FN7O5. The van der Waals surface area contributed by atoms with Crippen LogP contribution < -0.4 is 11.2 Å². The van der Waals surface area contributed by atoms with E-state index in [0.29, 0.717) is 17.5 Å². The van der Waals surface area contributed by atoms with Crippen LogP contribution in [-0.4, -0.2) is 78.5 Å². The number of H-pyrrole nitrogens is 1. The minimum Gasteiger partial charge on any atom is -0.394 e. The number of para-hydroxylation sites is 1. The molecule has 8 atom stereocenters. The molecule has 44 heavy (non-hydrogen) atoms. The topological polar surface area (TPSA) is 140 Å². The minimum atomic E-state index is -1.11. The van der Waals surface area contributed by atoms with Crippen LogP contribution >= 0.6 is 0 Å². The standard InChI is InChI=1S/C31H34FN7O5/c1-3-18-14-37-11-9-19(18)12-27(37)31(43-2,21-8-10-33-23-7-5-4-6-20(21)23)26-16-39(36-35-26)24-13-28(44-25(24)17-40)38-15-22(32)29(41)34-30(38)42/h3-8,10,15-16,18-19,24-25,27-28,40H,1,9,11-14,17H2,2H3,(H,34,41,42). The van der Waals surface area contributed by atoms with Crippen molar-refractivity contribution < 1.29 is 19.0 Å². The molecule has 4 aliphatic rings. The molecule has 13 heteroatoms. The SMILES string of the molecule is C=CC1CN2CCC1CC2C(OC)(c1cn(C2CC(n3cc(F)c(=O)[nH]c3=O)OC2CO)nn1)c1ccnc2ccccc12. The number of nitrogens with zero attached hydrogens (tertiary/aromatic N) is 6. The number of aromatic nitrogens is 6. The van der Waals surface area contributed by atoms with Gasteiger partial charge in [0.25, 0.3) is 5.56 Å². The van der Waals surface area contributed by atoms with Gasteiger partial charge in [-0.2, -0.15) is 4.39 Å². The van der Waals surface area contributed by atoms with Gasteiger partial charge in [-0.25, -0.2) is 9.48 Å². The van der Waals surface area contributed by atoms with Crippen molar-refractivity contribution in [3.8, 4) is 0 Å². The first-order chi connectivity index (χ1) is 21.4. The largest absolute Gasteiger partial charge is 0.394 e. The average molecular weight is 604 g/mol. The number of methoxy groups -OCH3 is 1. The molecule has 4 aromatic rings. The van der Waals surface area contributed by atoms with E-state index in [4.69, 9.17) is 14.6 Å². The molecule has 12 nitrogen and oxygen atoms in total. The van der Waals surface area contributed by atoms with Gasteiger partial charge in [0.05, 0.1) is 30.6 Å². The van der Waals surface area contributed by atoms with Gasteiger partial charge in [0.1, 0.15) is 18.0 Å². The maximum Gasteiger partial charge on any atom is 0.330 e. The first-order valence-electron chi connectivity index (χ1n) is 14.8. The van der Waals surface area contributed by atoms with Crippen LogP contribution in [0.4, 0.5) is 4.39 Å². The highest BCUT2D eigenvalue weighted by Crippen LogP contribution is 2.49. The molecule has 0 aliphatic carbocycles. The Morgan fingerprint density at radius 3 is 2.84 bits per heavy atom. The van der Waals surface area contributed by atoms with Gasteiger partial charge in [-0.15, -0.1) is 11.7 Å². The van der Waals surface area contributed by atoms with Gasteiger partial charge in [0.2, 0.25) is 5.82 Å². The fourth-order valence-corrected chi connectivity index (χ4v) is 7.63. The van der Waals surface area contributed by atoms with Crippen molar-refractivity contribution in [3.63, 3.8) is 0 Å². The molecule has 0 radical (unpaired) electrons. The van der Waals surface area contributed by atoms with Gasteiger partial charge in [0.15, 0.2) is 5.60 Å². The molecule has 0 spiro atoms. The first-order valence-corrected chi connectivity index (χ1v) is 14.8. The van der Waals surface area contributed by atoms with Crippen LogP contribution in [0.15, 0.2) is 71.2 Å². The Bertz CT molecular complexity index is 1820. The van der Waals surface area contributed by atoms with Crippen LogP contribution in [0.1, 0.15) is 42.8 Å². The number of aliphatic hydroxyl groups excluding tert-OH is 1. The van der Waals surface area contributed by atoms with Crippen molar-refractivity contribution in [1.82, 2.24) is 34.4 Å². The minimum absolute atomic E-state index is 0.0534. The Balaban J connectivity index is 1.32. The lowest BCUT2D eigenvalue weighted by molar-refractivity contribution is -0.108. The summed E-state index contributed by atoms with van der Waals surface area (Å²) in [5.74, 6) is -0.248. The van der Waals surface area contributed by atoms with Crippen molar-refractivity contribution in [1.29, 1.82) is 0 Å². The summed E-state index contributed by atoms with van der Waals surface area (Å²) in [7, 11) is 1.70. The van der Waals surface area contributed by atoms with Gasteiger partial charge in [-0.05, 0) is 43.4 Å². The van der Waals surface area contributed by atoms with E-state index in [1.807, 2.05) is 41.5 Å². The van der Waals surface area contributed by atoms with Gasteiger partial charge < -0.3 is 14.6 Å². The average Bonchev–Trinajstić information content (AvgIpc) is 3.72. The molecule has 8 rings (SSSR count). The third-order valence-corrected chi connectivity index (χ3v) is 9.80. The van der Waals surface area contributed by atoms with Crippen LogP contribution in [0, 0.1) is 17.7 Å². The van der Waals surface area contributed by atoms with Crippen molar-refractivity contribution >= 4 is 10.9 Å². The molecule has 0 amide bonds. The van der Waals surface area contributed by atoms with E-state index in [9.17, 15) is 19.1 Å². The number of rotatable bonds is 8. The van der Waals surface area contributed by atoms with Crippen molar-refractivity contribution in [2.45, 2.75) is 49.3 Å². The fourth-order valence-electron chi connectivity index (χ4n) is 7.63. The first kappa shape index (κ1) is 28.7. The molecule has 4 fully saturated rings. The normalized spacial score (nSPS) is 29.6. The molecular weight excluding hydrogens is 569 g/mol. The number of fused-ring (bicyclic) bond motifs is 4. The molecule has 4 saturated heterocycles. The summed E-state index contributed by atoms with van der Waals surface area (Å²) in [6, 6.07) is 9.34. The van der Waals surface area contributed by atoms with Crippen molar-refractivity contribution in [2.24, 2.45) is 11.8 Å². The molecule has 8 unspecified atom stereocenters. The van der Waals surface area contributed by atoms with E-state index < -0.39 is 41.0 Å². The van der Waals surface area contributed by atoms with Gasteiger partial charge in [0, 0.05) is 43.3 Å². The summed E-state index contributed by atoms with van der Waals surface area (Å²) >= 11 is 0. The van der Waals surface area contributed by atoms with E-state index in [0.717, 1.165) is 53.2 Å². The monoisotopic (exact) mass is 603 g/mol. The summed E-state index contributed by atoms with van der Waals surface area (Å²) < 4.78 is 29.3. The Morgan fingerprint density at radius 2 is 2.09 bits per heavy atom. The number of halogens is 1. The Labute approximate surface area is 251 Å². The molecule has 3 aromatic heterocycles. The Hall–Kier alpha value is -4.04. The number of benzene rings is 1. The summed E-state index contributed by atoms with van der Waals surface area (Å²) in [5.41, 5.74) is -0.564. The quantitative estimate of drug-likeness (QED) is 0.290. The summed E-state index contributed by atoms with van der Waals surface area (Å²) in [5, 5.41) is 20.4. The molecule has 1 aromatic carbocycles. The van der Waals surface area contributed by atoms with Crippen molar-refractivity contribution in [2.75, 3.05) is 26.8 Å². The lowest BCUT2D eigenvalue weighted by Gasteiger charge is -2.55. The number of hydrogen-bond donors (Lipinski definition) is 2. The van der Waals surface area contributed by atoms with Crippen molar-refractivity contribution in [3.05, 3.63) is 99.5 Å². The second-order valence-electron chi connectivity index (χ2n) is 11.9. The predicted octanol–water partition coefficient (Wildman–Crippen LogP) is 2.12. The van der Waals surface area contributed by atoms with Crippen LogP contribution in [0.5, 0.6) is 0 Å². The third-order valence-electron chi connectivity index (χ3n) is 9.80. The maximum atomic E-state index is 14.1. The summed E-state index contributed by atoms with van der Waals surface area (Å²) in [4.78, 5) is 33.1. The highest BCUT2D eigenvalue weighted by atomic mass is 19.1. The molecule has 2 bridgehead atoms. The van der Waals surface area contributed by atoms with E-state index >= 15 is 0 Å². The maximum absolute atomic E-state index is 14.1. The number of aliphatic hydroxyl groups is 1. The summed E-state index contributed by atoms with van der Waals surface area (Å²) in [6.45, 7) is 5.52.